The second-order valence-electron chi connectivity index (χ2n) is 7.10. The van der Waals surface area contributed by atoms with E-state index in [1.165, 1.54) is 23.0 Å². The number of benzene rings is 2. The summed E-state index contributed by atoms with van der Waals surface area (Å²) in [6, 6.07) is 12.4. The van der Waals surface area contributed by atoms with Gasteiger partial charge in [-0.25, -0.2) is 9.78 Å². The van der Waals surface area contributed by atoms with Crippen LogP contribution in [0.3, 0.4) is 0 Å². The number of fused-ring (bicyclic) bond motifs is 1. The number of amides is 1. The summed E-state index contributed by atoms with van der Waals surface area (Å²) >= 11 is 1.37. The largest absolute Gasteiger partial charge is 0.484 e. The number of carbonyl (C=O) groups is 1. The Hall–Kier alpha value is -3.45. The smallest absolute Gasteiger partial charge is 0.336 e. The number of thiazole rings is 1. The minimum absolute atomic E-state index is 0.180. The zero-order valence-electron chi connectivity index (χ0n) is 16.8. The minimum atomic E-state index is -0.434. The van der Waals surface area contributed by atoms with Crippen LogP contribution in [0.5, 0.6) is 5.75 Å². The molecule has 1 amide bonds. The van der Waals surface area contributed by atoms with Gasteiger partial charge in [-0.05, 0) is 50.1 Å². The van der Waals surface area contributed by atoms with Crippen LogP contribution in [0.2, 0.25) is 0 Å². The van der Waals surface area contributed by atoms with Crippen LogP contribution in [0.15, 0.2) is 57.1 Å². The van der Waals surface area contributed by atoms with E-state index < -0.39 is 5.63 Å². The van der Waals surface area contributed by atoms with Crippen LogP contribution in [0.1, 0.15) is 16.7 Å². The Kier molecular flexibility index (Phi) is 5.37. The first-order chi connectivity index (χ1) is 14.4. The van der Waals surface area contributed by atoms with Gasteiger partial charge in [-0.2, -0.15) is 0 Å². The predicted octanol–water partition coefficient (Wildman–Crippen LogP) is 4.86. The first-order valence-corrected chi connectivity index (χ1v) is 10.3. The Bertz CT molecular complexity index is 1280. The van der Waals surface area contributed by atoms with E-state index in [2.05, 4.69) is 43.2 Å². The molecule has 4 aromatic rings. The Morgan fingerprint density at radius 2 is 1.83 bits per heavy atom. The van der Waals surface area contributed by atoms with Crippen LogP contribution in [0.25, 0.3) is 22.2 Å². The molecular weight excluding hydrogens is 400 g/mol. The van der Waals surface area contributed by atoms with E-state index in [1.807, 2.05) is 5.38 Å². The summed E-state index contributed by atoms with van der Waals surface area (Å²) in [5.41, 5.74) is 5.43. The van der Waals surface area contributed by atoms with Crippen molar-refractivity contribution in [2.75, 3.05) is 11.9 Å². The number of aryl methyl sites for hydroxylation is 3. The summed E-state index contributed by atoms with van der Waals surface area (Å²) < 4.78 is 10.7. The second-order valence-corrected chi connectivity index (χ2v) is 7.96. The summed E-state index contributed by atoms with van der Waals surface area (Å²) in [4.78, 5) is 28.2. The number of nitrogens with zero attached hydrogens (tertiary/aromatic N) is 1. The third-order valence-corrected chi connectivity index (χ3v) is 5.41. The first kappa shape index (κ1) is 19.8. The van der Waals surface area contributed by atoms with Gasteiger partial charge in [-0.15, -0.1) is 11.3 Å². The summed E-state index contributed by atoms with van der Waals surface area (Å²) in [6.45, 7) is 6.01. The number of rotatable bonds is 5. The highest BCUT2D eigenvalue weighted by Crippen LogP contribution is 2.31. The molecular formula is C23H20N2O4S. The second kappa shape index (κ2) is 8.12. The fourth-order valence-corrected chi connectivity index (χ4v) is 4.18. The fourth-order valence-electron chi connectivity index (χ4n) is 3.47. The molecule has 0 saturated carbocycles. The third-order valence-electron chi connectivity index (χ3n) is 4.65. The maximum atomic E-state index is 12.3. The minimum Gasteiger partial charge on any atom is -0.484 e. The van der Waals surface area contributed by atoms with Crippen LogP contribution in [0, 0.1) is 20.8 Å². The molecule has 0 aliphatic carbocycles. The Labute approximate surface area is 177 Å². The zero-order chi connectivity index (χ0) is 21.3. The third kappa shape index (κ3) is 4.26. The van der Waals surface area contributed by atoms with Gasteiger partial charge in [0, 0.05) is 28.5 Å². The number of anilines is 1. The van der Waals surface area contributed by atoms with Crippen molar-refractivity contribution in [1.82, 2.24) is 4.98 Å². The van der Waals surface area contributed by atoms with E-state index in [0.29, 0.717) is 16.5 Å². The molecule has 0 aliphatic rings. The van der Waals surface area contributed by atoms with Crippen LogP contribution < -0.4 is 15.7 Å². The summed E-state index contributed by atoms with van der Waals surface area (Å²) in [6.07, 6.45) is 0. The average molecular weight is 420 g/mol. The topological polar surface area (TPSA) is 81.4 Å². The number of hydrogen-bond acceptors (Lipinski definition) is 6. The van der Waals surface area contributed by atoms with E-state index in [1.54, 1.807) is 24.3 Å². The number of carbonyl (C=O) groups excluding carboxylic acids is 1. The molecule has 6 nitrogen and oxygen atoms in total. The van der Waals surface area contributed by atoms with E-state index in [4.69, 9.17) is 9.15 Å². The van der Waals surface area contributed by atoms with Gasteiger partial charge in [0.25, 0.3) is 5.91 Å². The van der Waals surface area contributed by atoms with E-state index >= 15 is 0 Å². The SMILES string of the molecule is Cc1cc(C)c(-c2csc(NC(=O)COc3ccc4ccc(=O)oc4c3)n2)c(C)c1. The zero-order valence-corrected chi connectivity index (χ0v) is 17.6. The highest BCUT2D eigenvalue weighted by molar-refractivity contribution is 7.14. The van der Waals surface area contributed by atoms with Gasteiger partial charge in [0.2, 0.25) is 0 Å². The summed E-state index contributed by atoms with van der Waals surface area (Å²) in [7, 11) is 0. The number of hydrogen-bond donors (Lipinski definition) is 1. The van der Waals surface area contributed by atoms with E-state index in [-0.39, 0.29) is 12.5 Å². The molecule has 0 fully saturated rings. The molecule has 0 aliphatic heterocycles. The molecule has 0 radical (unpaired) electrons. The Balaban J connectivity index is 1.42. The van der Waals surface area contributed by atoms with Gasteiger partial charge < -0.3 is 9.15 Å². The van der Waals surface area contributed by atoms with E-state index in [9.17, 15) is 9.59 Å². The average Bonchev–Trinajstić information content (AvgIpc) is 3.13. The van der Waals surface area contributed by atoms with Crippen LogP contribution in [-0.2, 0) is 4.79 Å². The monoisotopic (exact) mass is 420 g/mol. The van der Waals surface area contributed by atoms with Gasteiger partial charge in [-0.3, -0.25) is 10.1 Å². The number of nitrogens with one attached hydrogen (secondary N) is 1. The highest BCUT2D eigenvalue weighted by atomic mass is 32.1. The van der Waals surface area contributed by atoms with Crippen molar-refractivity contribution in [2.45, 2.75) is 20.8 Å². The molecule has 0 bridgehead atoms. The van der Waals surface area contributed by atoms with Crippen molar-refractivity contribution >= 4 is 33.3 Å². The predicted molar refractivity (Wildman–Crippen MR) is 118 cm³/mol. The first-order valence-electron chi connectivity index (χ1n) is 9.39. The lowest BCUT2D eigenvalue weighted by atomic mass is 9.98. The van der Waals surface area contributed by atoms with Crippen LogP contribution >= 0.6 is 11.3 Å². The van der Waals surface area contributed by atoms with Crippen molar-refractivity contribution in [3.8, 4) is 17.0 Å². The van der Waals surface area contributed by atoms with Crippen molar-refractivity contribution in [1.29, 1.82) is 0 Å². The lowest BCUT2D eigenvalue weighted by Crippen LogP contribution is -2.20. The van der Waals surface area contributed by atoms with Gasteiger partial charge in [-0.1, -0.05) is 17.7 Å². The van der Waals surface area contributed by atoms with Gasteiger partial charge in [0.05, 0.1) is 5.69 Å². The van der Waals surface area contributed by atoms with Crippen LogP contribution in [-0.4, -0.2) is 17.5 Å². The molecule has 0 unspecified atom stereocenters. The fraction of sp³-hybridized carbons (Fsp3) is 0.174. The highest BCUT2D eigenvalue weighted by Gasteiger charge is 2.13. The Morgan fingerprint density at radius 1 is 1.10 bits per heavy atom. The molecule has 152 valence electrons. The van der Waals surface area contributed by atoms with Crippen molar-refractivity contribution < 1.29 is 13.9 Å². The van der Waals surface area contributed by atoms with Gasteiger partial charge in [0.1, 0.15) is 11.3 Å². The maximum absolute atomic E-state index is 12.3. The quantitative estimate of drug-likeness (QED) is 0.466. The molecule has 2 heterocycles. The van der Waals surface area contributed by atoms with Gasteiger partial charge in [0.15, 0.2) is 11.7 Å². The molecule has 0 spiro atoms. The van der Waals surface area contributed by atoms with E-state index in [0.717, 1.165) is 27.8 Å². The molecule has 0 atom stereocenters. The summed E-state index contributed by atoms with van der Waals surface area (Å²) in [5.74, 6) is 0.126. The molecule has 1 N–H and O–H groups in total. The maximum Gasteiger partial charge on any atom is 0.336 e. The standard InChI is InChI=1S/C23H20N2O4S/c1-13-8-14(2)22(15(3)9-13)18-12-30-23(24-18)25-20(26)11-28-17-6-4-16-5-7-21(27)29-19(16)10-17/h4-10,12H,11H2,1-3H3,(H,24,25,26). The molecule has 30 heavy (non-hydrogen) atoms. The molecule has 0 saturated heterocycles. The molecule has 4 rings (SSSR count). The molecule has 7 heteroatoms. The molecule has 2 aromatic carbocycles. The molecule has 2 aromatic heterocycles. The van der Waals surface area contributed by atoms with Gasteiger partial charge >= 0.3 is 5.63 Å². The van der Waals surface area contributed by atoms with Crippen LogP contribution in [0.4, 0.5) is 5.13 Å². The number of aromatic nitrogens is 1. The normalized spacial score (nSPS) is 10.9. The Morgan fingerprint density at radius 3 is 2.60 bits per heavy atom. The lowest BCUT2D eigenvalue weighted by Gasteiger charge is -2.09. The van der Waals surface area contributed by atoms with Crippen molar-refractivity contribution in [3.63, 3.8) is 0 Å². The summed E-state index contributed by atoms with van der Waals surface area (Å²) in [5, 5.41) is 6.00. The van der Waals surface area contributed by atoms with Crippen molar-refractivity contribution in [3.05, 3.63) is 75.0 Å². The van der Waals surface area contributed by atoms with Crippen molar-refractivity contribution in [2.24, 2.45) is 0 Å². The number of ether oxygens (including phenoxy) is 1. The lowest BCUT2D eigenvalue weighted by molar-refractivity contribution is -0.118.